The summed E-state index contributed by atoms with van der Waals surface area (Å²) >= 11 is 0. The van der Waals surface area contributed by atoms with Crippen LogP contribution in [0, 0.1) is 5.92 Å². The summed E-state index contributed by atoms with van der Waals surface area (Å²) in [6.07, 6.45) is 1.69. The van der Waals surface area contributed by atoms with Gasteiger partial charge in [0.25, 0.3) is 0 Å². The highest BCUT2D eigenvalue weighted by Crippen LogP contribution is 2.49. The molecule has 2 atom stereocenters. The quantitative estimate of drug-likeness (QED) is 0.684. The SMILES string of the molecule is COC(=O)CC1CC1c1ccccc1. The fourth-order valence-electron chi connectivity index (χ4n) is 1.88. The van der Waals surface area contributed by atoms with Gasteiger partial charge in [-0.1, -0.05) is 30.3 Å². The second-order valence-electron chi connectivity index (χ2n) is 3.79. The normalized spacial score (nSPS) is 24.4. The number of hydrogen-bond donors (Lipinski definition) is 0. The molecule has 2 unspecified atom stereocenters. The number of methoxy groups -OCH3 is 1. The summed E-state index contributed by atoms with van der Waals surface area (Å²) in [6.45, 7) is 0. The van der Waals surface area contributed by atoms with E-state index >= 15 is 0 Å². The van der Waals surface area contributed by atoms with Crippen LogP contribution in [0.15, 0.2) is 30.3 Å². The first-order valence-electron chi connectivity index (χ1n) is 4.93. The number of rotatable bonds is 3. The summed E-state index contributed by atoms with van der Waals surface area (Å²) in [6, 6.07) is 10.4. The van der Waals surface area contributed by atoms with Crippen molar-refractivity contribution < 1.29 is 9.53 Å². The van der Waals surface area contributed by atoms with E-state index in [1.807, 2.05) is 18.2 Å². The van der Waals surface area contributed by atoms with Crippen molar-refractivity contribution in [3.8, 4) is 0 Å². The standard InChI is InChI=1S/C12H14O2/c1-14-12(13)8-10-7-11(10)9-5-3-2-4-6-9/h2-6,10-11H,7-8H2,1H3. The molecular weight excluding hydrogens is 176 g/mol. The maximum absolute atomic E-state index is 11.0. The molecule has 14 heavy (non-hydrogen) atoms. The van der Waals surface area contributed by atoms with Crippen LogP contribution in [0.4, 0.5) is 0 Å². The minimum atomic E-state index is -0.0894. The molecule has 0 amide bonds. The number of hydrogen-bond acceptors (Lipinski definition) is 2. The van der Waals surface area contributed by atoms with Crippen LogP contribution in [0.1, 0.15) is 24.3 Å². The third-order valence-corrected chi connectivity index (χ3v) is 2.81. The van der Waals surface area contributed by atoms with Crippen molar-refractivity contribution in [2.45, 2.75) is 18.8 Å². The van der Waals surface area contributed by atoms with E-state index < -0.39 is 0 Å². The van der Waals surface area contributed by atoms with Gasteiger partial charge < -0.3 is 4.74 Å². The van der Waals surface area contributed by atoms with E-state index in [1.165, 1.54) is 12.7 Å². The first kappa shape index (κ1) is 9.25. The molecule has 0 heterocycles. The van der Waals surface area contributed by atoms with Gasteiger partial charge >= 0.3 is 5.97 Å². The molecule has 0 spiro atoms. The molecule has 0 bridgehead atoms. The van der Waals surface area contributed by atoms with E-state index in [2.05, 4.69) is 16.9 Å². The van der Waals surface area contributed by atoms with E-state index in [-0.39, 0.29) is 5.97 Å². The van der Waals surface area contributed by atoms with Crippen LogP contribution in [-0.4, -0.2) is 13.1 Å². The van der Waals surface area contributed by atoms with E-state index in [1.54, 1.807) is 0 Å². The van der Waals surface area contributed by atoms with Crippen LogP contribution in [0.5, 0.6) is 0 Å². The molecule has 1 saturated carbocycles. The minimum Gasteiger partial charge on any atom is -0.469 e. The Bertz CT molecular complexity index is 318. The summed E-state index contributed by atoms with van der Waals surface area (Å²) in [5, 5.41) is 0. The Morgan fingerprint density at radius 3 is 2.79 bits per heavy atom. The third-order valence-electron chi connectivity index (χ3n) is 2.81. The number of carbonyl (C=O) groups excluding carboxylic acids is 1. The lowest BCUT2D eigenvalue weighted by molar-refractivity contribution is -0.141. The summed E-state index contributed by atoms with van der Waals surface area (Å²) in [4.78, 5) is 11.0. The maximum Gasteiger partial charge on any atom is 0.305 e. The average molecular weight is 190 g/mol. The van der Waals surface area contributed by atoms with E-state index in [0.717, 1.165) is 6.42 Å². The highest BCUT2D eigenvalue weighted by molar-refractivity contribution is 5.70. The van der Waals surface area contributed by atoms with Gasteiger partial charge in [-0.2, -0.15) is 0 Å². The molecule has 1 aliphatic rings. The van der Waals surface area contributed by atoms with Gasteiger partial charge in [-0.15, -0.1) is 0 Å². The predicted molar refractivity (Wildman–Crippen MR) is 53.9 cm³/mol. The van der Waals surface area contributed by atoms with Gasteiger partial charge in [-0.3, -0.25) is 4.79 Å². The fraction of sp³-hybridized carbons (Fsp3) is 0.417. The monoisotopic (exact) mass is 190 g/mol. The Labute approximate surface area is 83.9 Å². The molecule has 0 aromatic heterocycles. The Hall–Kier alpha value is -1.31. The number of benzene rings is 1. The molecule has 2 heteroatoms. The third kappa shape index (κ3) is 1.95. The zero-order chi connectivity index (χ0) is 9.97. The Morgan fingerprint density at radius 2 is 2.14 bits per heavy atom. The molecule has 74 valence electrons. The van der Waals surface area contributed by atoms with Gasteiger partial charge in [-0.05, 0) is 23.8 Å². The van der Waals surface area contributed by atoms with Crippen LogP contribution in [0.25, 0.3) is 0 Å². The molecule has 0 aliphatic heterocycles. The van der Waals surface area contributed by atoms with Gasteiger partial charge in [0.2, 0.25) is 0 Å². The maximum atomic E-state index is 11.0. The zero-order valence-electron chi connectivity index (χ0n) is 8.27. The minimum absolute atomic E-state index is 0.0894. The van der Waals surface area contributed by atoms with Gasteiger partial charge in [-0.25, -0.2) is 0 Å². The van der Waals surface area contributed by atoms with E-state index in [4.69, 9.17) is 0 Å². The summed E-state index contributed by atoms with van der Waals surface area (Å²) in [7, 11) is 1.45. The lowest BCUT2D eigenvalue weighted by atomic mass is 10.1. The van der Waals surface area contributed by atoms with Gasteiger partial charge in [0.1, 0.15) is 0 Å². The molecule has 1 aliphatic carbocycles. The van der Waals surface area contributed by atoms with Crippen LogP contribution in [-0.2, 0) is 9.53 Å². The van der Waals surface area contributed by atoms with Crippen LogP contribution < -0.4 is 0 Å². The van der Waals surface area contributed by atoms with Crippen molar-refractivity contribution in [2.24, 2.45) is 5.92 Å². The second-order valence-corrected chi connectivity index (χ2v) is 3.79. The van der Waals surface area contributed by atoms with Crippen LogP contribution >= 0.6 is 0 Å². The molecule has 0 radical (unpaired) electrons. The van der Waals surface area contributed by atoms with Crippen LogP contribution in [0.2, 0.25) is 0 Å². The number of carbonyl (C=O) groups is 1. The predicted octanol–water partition coefficient (Wildman–Crippen LogP) is 2.35. The first-order valence-corrected chi connectivity index (χ1v) is 4.93. The highest BCUT2D eigenvalue weighted by atomic mass is 16.5. The molecule has 1 aromatic rings. The molecule has 1 aromatic carbocycles. The number of ether oxygens (including phenoxy) is 1. The Morgan fingerprint density at radius 1 is 1.43 bits per heavy atom. The Kier molecular flexibility index (Phi) is 2.53. The molecular formula is C12H14O2. The second kappa shape index (κ2) is 3.82. The van der Waals surface area contributed by atoms with Gasteiger partial charge in [0.05, 0.1) is 7.11 Å². The van der Waals surface area contributed by atoms with Crippen molar-refractivity contribution in [3.05, 3.63) is 35.9 Å². The topological polar surface area (TPSA) is 26.3 Å². The van der Waals surface area contributed by atoms with Gasteiger partial charge in [0, 0.05) is 6.42 Å². The van der Waals surface area contributed by atoms with E-state index in [9.17, 15) is 4.79 Å². The largest absolute Gasteiger partial charge is 0.469 e. The lowest BCUT2D eigenvalue weighted by Gasteiger charge is -1.99. The molecule has 0 saturated heterocycles. The Balaban J connectivity index is 1.91. The van der Waals surface area contributed by atoms with Crippen LogP contribution in [0.3, 0.4) is 0 Å². The lowest BCUT2D eigenvalue weighted by Crippen LogP contribution is -2.01. The fourth-order valence-corrected chi connectivity index (χ4v) is 1.88. The van der Waals surface area contributed by atoms with Crippen molar-refractivity contribution >= 4 is 5.97 Å². The van der Waals surface area contributed by atoms with Gasteiger partial charge in [0.15, 0.2) is 0 Å². The molecule has 2 nitrogen and oxygen atoms in total. The van der Waals surface area contributed by atoms with Crippen molar-refractivity contribution in [1.29, 1.82) is 0 Å². The molecule has 0 N–H and O–H groups in total. The molecule has 2 rings (SSSR count). The van der Waals surface area contributed by atoms with Crippen molar-refractivity contribution in [3.63, 3.8) is 0 Å². The molecule has 1 fully saturated rings. The first-order chi connectivity index (χ1) is 6.81. The summed E-state index contributed by atoms with van der Waals surface area (Å²) < 4.78 is 4.65. The van der Waals surface area contributed by atoms with Crippen molar-refractivity contribution in [2.75, 3.05) is 7.11 Å². The van der Waals surface area contributed by atoms with E-state index in [0.29, 0.717) is 18.3 Å². The smallest absolute Gasteiger partial charge is 0.305 e. The van der Waals surface area contributed by atoms with Crippen molar-refractivity contribution in [1.82, 2.24) is 0 Å². The average Bonchev–Trinajstić information content (AvgIpc) is 2.98. The zero-order valence-corrected chi connectivity index (χ0v) is 8.27. The summed E-state index contributed by atoms with van der Waals surface area (Å²) in [5.74, 6) is 0.994. The summed E-state index contributed by atoms with van der Waals surface area (Å²) in [5.41, 5.74) is 1.35. The highest BCUT2D eigenvalue weighted by Gasteiger charge is 2.39. The number of esters is 1.